The molecule has 1 N–H and O–H groups in total. The number of amides is 2. The minimum Gasteiger partial charge on any atom is -0.352 e. The van der Waals surface area contributed by atoms with Crippen molar-refractivity contribution in [2.24, 2.45) is 0 Å². The summed E-state index contributed by atoms with van der Waals surface area (Å²) in [6.07, 6.45) is 1.77. The standard InChI is InChI=1S/C32H39Cl2N3O4S/c1-22(2)35-32(39)30(20-25-10-7-6-8-11-25)36(21-26-14-16-28(33)29(34)19-26)31(38)12-9-17-37(42(5,40)41)27-15-13-23(3)24(4)18-27/h6-8,10-11,13-16,18-19,22,30H,9,12,17,20-21H2,1-5H3,(H,35,39)/t30-/m1/s1. The van der Waals surface area contributed by atoms with Gasteiger partial charge in [0.15, 0.2) is 0 Å². The van der Waals surface area contributed by atoms with E-state index in [1.807, 2.05) is 70.2 Å². The van der Waals surface area contributed by atoms with Crippen molar-refractivity contribution in [1.29, 1.82) is 0 Å². The minimum atomic E-state index is -3.59. The van der Waals surface area contributed by atoms with Crippen molar-refractivity contribution in [3.63, 3.8) is 0 Å². The van der Waals surface area contributed by atoms with Gasteiger partial charge in [0.25, 0.3) is 0 Å². The molecule has 226 valence electrons. The predicted molar refractivity (Wildman–Crippen MR) is 172 cm³/mol. The smallest absolute Gasteiger partial charge is 0.243 e. The molecule has 7 nitrogen and oxygen atoms in total. The van der Waals surface area contributed by atoms with Crippen LogP contribution in [0.15, 0.2) is 66.7 Å². The van der Waals surface area contributed by atoms with E-state index in [0.717, 1.165) is 28.5 Å². The average Bonchev–Trinajstić information content (AvgIpc) is 2.91. The third kappa shape index (κ3) is 9.48. The Kier molecular flexibility index (Phi) is 11.9. The maximum atomic E-state index is 13.9. The molecule has 0 spiro atoms. The molecular weight excluding hydrogens is 593 g/mol. The third-order valence-corrected chi connectivity index (χ3v) is 8.90. The number of halogens is 2. The van der Waals surface area contributed by atoms with Gasteiger partial charge in [-0.15, -0.1) is 0 Å². The first-order valence-corrected chi connectivity index (χ1v) is 16.5. The number of aryl methyl sites for hydroxylation is 2. The third-order valence-electron chi connectivity index (χ3n) is 6.97. The van der Waals surface area contributed by atoms with Crippen molar-refractivity contribution in [2.75, 3.05) is 17.1 Å². The zero-order valence-corrected chi connectivity index (χ0v) is 27.1. The molecule has 0 fully saturated rings. The zero-order valence-electron chi connectivity index (χ0n) is 24.7. The second-order valence-electron chi connectivity index (χ2n) is 10.8. The van der Waals surface area contributed by atoms with Crippen molar-refractivity contribution in [3.05, 3.63) is 99.0 Å². The lowest BCUT2D eigenvalue weighted by Crippen LogP contribution is -2.51. The van der Waals surface area contributed by atoms with E-state index in [-0.39, 0.29) is 43.8 Å². The zero-order chi connectivity index (χ0) is 31.0. The summed E-state index contributed by atoms with van der Waals surface area (Å²) in [5.74, 6) is -0.537. The van der Waals surface area contributed by atoms with E-state index in [1.54, 1.807) is 29.2 Å². The highest BCUT2D eigenvalue weighted by Gasteiger charge is 2.31. The van der Waals surface area contributed by atoms with E-state index in [2.05, 4.69) is 5.32 Å². The molecule has 0 aliphatic heterocycles. The summed E-state index contributed by atoms with van der Waals surface area (Å²) in [6, 6.07) is 19.2. The number of nitrogens with one attached hydrogen (secondary N) is 1. The van der Waals surface area contributed by atoms with Crippen LogP contribution in [-0.4, -0.2) is 50.0 Å². The summed E-state index contributed by atoms with van der Waals surface area (Å²) in [4.78, 5) is 29.0. The second-order valence-corrected chi connectivity index (χ2v) is 13.6. The number of nitrogens with zero attached hydrogens (tertiary/aromatic N) is 2. The summed E-state index contributed by atoms with van der Waals surface area (Å²) in [7, 11) is -3.59. The Morgan fingerprint density at radius 3 is 2.17 bits per heavy atom. The number of carbonyl (C=O) groups is 2. The average molecular weight is 633 g/mol. The van der Waals surface area contributed by atoms with E-state index < -0.39 is 16.1 Å². The van der Waals surface area contributed by atoms with Gasteiger partial charge in [-0.3, -0.25) is 13.9 Å². The molecule has 1 atom stereocenters. The monoisotopic (exact) mass is 631 g/mol. The van der Waals surface area contributed by atoms with Gasteiger partial charge in [0.2, 0.25) is 21.8 Å². The molecule has 0 unspecified atom stereocenters. The van der Waals surface area contributed by atoms with Crippen molar-refractivity contribution in [2.45, 2.75) is 65.6 Å². The van der Waals surface area contributed by atoms with Crippen LogP contribution in [0.5, 0.6) is 0 Å². The number of hydrogen-bond donors (Lipinski definition) is 1. The van der Waals surface area contributed by atoms with Gasteiger partial charge in [-0.2, -0.15) is 0 Å². The second kappa shape index (κ2) is 14.9. The predicted octanol–water partition coefficient (Wildman–Crippen LogP) is 6.32. The summed E-state index contributed by atoms with van der Waals surface area (Å²) in [6.45, 7) is 7.89. The Morgan fingerprint density at radius 2 is 1.57 bits per heavy atom. The Labute approximate surface area is 259 Å². The van der Waals surface area contributed by atoms with Crippen LogP contribution in [0, 0.1) is 13.8 Å². The van der Waals surface area contributed by atoms with Crippen LogP contribution in [0.3, 0.4) is 0 Å². The normalized spacial score (nSPS) is 12.2. The van der Waals surface area contributed by atoms with Crippen LogP contribution in [0.1, 0.15) is 48.9 Å². The summed E-state index contributed by atoms with van der Waals surface area (Å²) in [5, 5.41) is 3.71. The fourth-order valence-corrected chi connectivity index (χ4v) is 5.93. The van der Waals surface area contributed by atoms with E-state index >= 15 is 0 Å². The minimum absolute atomic E-state index is 0.0401. The molecule has 2 amide bonds. The van der Waals surface area contributed by atoms with E-state index in [4.69, 9.17) is 23.2 Å². The lowest BCUT2D eigenvalue weighted by Gasteiger charge is -2.32. The molecule has 42 heavy (non-hydrogen) atoms. The number of benzene rings is 3. The van der Waals surface area contributed by atoms with Gasteiger partial charge in [-0.05, 0) is 80.6 Å². The highest BCUT2D eigenvalue weighted by molar-refractivity contribution is 7.92. The molecule has 0 radical (unpaired) electrons. The maximum absolute atomic E-state index is 13.9. The van der Waals surface area contributed by atoms with Gasteiger partial charge in [-0.25, -0.2) is 8.42 Å². The topological polar surface area (TPSA) is 86.8 Å². The fraction of sp³-hybridized carbons (Fsp3) is 0.375. The molecule has 0 bridgehead atoms. The van der Waals surface area contributed by atoms with Gasteiger partial charge in [0.1, 0.15) is 6.04 Å². The molecule has 0 saturated heterocycles. The van der Waals surface area contributed by atoms with Crippen molar-refractivity contribution in [3.8, 4) is 0 Å². The molecule has 0 aliphatic rings. The van der Waals surface area contributed by atoms with Gasteiger partial charge >= 0.3 is 0 Å². The molecule has 3 rings (SSSR count). The Hall–Kier alpha value is -3.07. The van der Waals surface area contributed by atoms with Crippen LogP contribution in [-0.2, 0) is 32.6 Å². The lowest BCUT2D eigenvalue weighted by atomic mass is 10.0. The van der Waals surface area contributed by atoms with Crippen molar-refractivity contribution in [1.82, 2.24) is 10.2 Å². The number of carbonyl (C=O) groups excluding carboxylic acids is 2. The molecule has 10 heteroatoms. The van der Waals surface area contributed by atoms with Gasteiger partial charge in [0, 0.05) is 32.0 Å². The number of sulfonamides is 1. The molecule has 0 aromatic heterocycles. The maximum Gasteiger partial charge on any atom is 0.243 e. The van der Waals surface area contributed by atoms with Gasteiger partial charge < -0.3 is 10.2 Å². The van der Waals surface area contributed by atoms with E-state index in [1.165, 1.54) is 4.31 Å². The van der Waals surface area contributed by atoms with Crippen LogP contribution in [0.25, 0.3) is 0 Å². The number of hydrogen-bond acceptors (Lipinski definition) is 4. The highest BCUT2D eigenvalue weighted by Crippen LogP contribution is 2.25. The molecule has 3 aromatic carbocycles. The van der Waals surface area contributed by atoms with Crippen LogP contribution < -0.4 is 9.62 Å². The first kappa shape index (κ1) is 33.4. The molecule has 0 heterocycles. The molecule has 3 aromatic rings. The van der Waals surface area contributed by atoms with Gasteiger partial charge in [-0.1, -0.05) is 65.7 Å². The van der Waals surface area contributed by atoms with Crippen molar-refractivity contribution < 1.29 is 18.0 Å². The Morgan fingerprint density at radius 1 is 0.881 bits per heavy atom. The quantitative estimate of drug-likeness (QED) is 0.239. The molecular formula is C32H39Cl2N3O4S. The van der Waals surface area contributed by atoms with E-state index in [9.17, 15) is 18.0 Å². The summed E-state index contributed by atoms with van der Waals surface area (Å²) in [5.41, 5.74) is 4.22. The number of anilines is 1. The Balaban J connectivity index is 1.91. The van der Waals surface area contributed by atoms with Gasteiger partial charge in [0.05, 0.1) is 22.0 Å². The van der Waals surface area contributed by atoms with Crippen LogP contribution >= 0.6 is 23.2 Å². The molecule has 0 saturated carbocycles. The first-order chi connectivity index (χ1) is 19.8. The molecule has 0 aliphatic carbocycles. The summed E-state index contributed by atoms with van der Waals surface area (Å²) < 4.78 is 26.7. The SMILES string of the molecule is Cc1ccc(N(CCCC(=O)N(Cc2ccc(Cl)c(Cl)c2)[C@H](Cc2ccccc2)C(=O)NC(C)C)S(C)(=O)=O)cc1C. The van der Waals surface area contributed by atoms with E-state index in [0.29, 0.717) is 22.2 Å². The lowest BCUT2D eigenvalue weighted by molar-refractivity contribution is -0.141. The number of rotatable bonds is 13. The highest BCUT2D eigenvalue weighted by atomic mass is 35.5. The van der Waals surface area contributed by atoms with Crippen molar-refractivity contribution >= 4 is 50.7 Å². The van der Waals surface area contributed by atoms with Crippen LogP contribution in [0.2, 0.25) is 10.0 Å². The fourth-order valence-electron chi connectivity index (χ4n) is 4.65. The Bertz CT molecular complexity index is 1500. The first-order valence-electron chi connectivity index (χ1n) is 13.9. The summed E-state index contributed by atoms with van der Waals surface area (Å²) >= 11 is 12.4. The van der Waals surface area contributed by atoms with Crippen LogP contribution in [0.4, 0.5) is 5.69 Å². The largest absolute Gasteiger partial charge is 0.352 e.